The molecule has 2 aliphatic rings. The van der Waals surface area contributed by atoms with E-state index < -0.39 is 0 Å². The van der Waals surface area contributed by atoms with Gasteiger partial charge in [0.15, 0.2) is 0 Å². The Morgan fingerprint density at radius 1 is 1.32 bits per heavy atom. The predicted octanol–water partition coefficient (Wildman–Crippen LogP) is 1.31. The number of carbonyl (C=O) groups excluding carboxylic acids is 2. The van der Waals surface area contributed by atoms with E-state index in [-0.39, 0.29) is 18.4 Å². The maximum absolute atomic E-state index is 12.1. The maximum Gasteiger partial charge on any atom is 0.239 e. The van der Waals surface area contributed by atoms with Gasteiger partial charge in [0.2, 0.25) is 11.8 Å². The first-order valence-electron chi connectivity index (χ1n) is 8.02. The fourth-order valence-electron chi connectivity index (χ4n) is 3.22. The van der Waals surface area contributed by atoms with Crippen LogP contribution in [0.1, 0.15) is 36.2 Å². The maximum atomic E-state index is 12.1. The average Bonchev–Trinajstić information content (AvgIpc) is 3.22. The van der Waals surface area contributed by atoms with Crippen LogP contribution in [0.2, 0.25) is 0 Å². The van der Waals surface area contributed by atoms with Gasteiger partial charge in [-0.2, -0.15) is 0 Å². The summed E-state index contributed by atoms with van der Waals surface area (Å²) in [6.07, 6.45) is 3.55. The van der Waals surface area contributed by atoms with Gasteiger partial charge in [-0.05, 0) is 49.1 Å². The molecule has 1 saturated carbocycles. The molecule has 5 nitrogen and oxygen atoms in total. The van der Waals surface area contributed by atoms with Gasteiger partial charge in [0.25, 0.3) is 0 Å². The average molecular weight is 321 g/mol. The summed E-state index contributed by atoms with van der Waals surface area (Å²) in [4.78, 5) is 27.3. The van der Waals surface area contributed by atoms with Gasteiger partial charge in [0, 0.05) is 24.0 Å². The molecule has 2 N–H and O–H groups in total. The number of carbonyl (C=O) groups is 2. The van der Waals surface area contributed by atoms with Gasteiger partial charge in [0.05, 0.1) is 13.1 Å². The number of amides is 2. The number of likely N-dealkylation sites (N-methyl/N-ethyl adjacent to an activating group) is 1. The molecular weight excluding hydrogens is 298 g/mol. The van der Waals surface area contributed by atoms with Gasteiger partial charge in [-0.25, -0.2) is 0 Å². The number of nitrogens with zero attached hydrogens (tertiary/aromatic N) is 1. The van der Waals surface area contributed by atoms with Crippen LogP contribution >= 0.6 is 11.3 Å². The van der Waals surface area contributed by atoms with E-state index in [4.69, 9.17) is 0 Å². The third-order valence-corrected chi connectivity index (χ3v) is 5.35. The van der Waals surface area contributed by atoms with Crippen molar-refractivity contribution in [1.29, 1.82) is 0 Å². The Kier molecular flexibility index (Phi) is 4.78. The minimum absolute atomic E-state index is 0.0596. The predicted molar refractivity (Wildman–Crippen MR) is 86.8 cm³/mol. The summed E-state index contributed by atoms with van der Waals surface area (Å²) in [5.74, 6) is 0.508. The van der Waals surface area contributed by atoms with E-state index in [9.17, 15) is 9.59 Å². The molecule has 3 rings (SSSR count). The Labute approximate surface area is 135 Å². The summed E-state index contributed by atoms with van der Waals surface area (Å²) < 4.78 is 0. The number of thiophene rings is 1. The number of hydrogen-bond acceptors (Lipinski definition) is 4. The smallest absolute Gasteiger partial charge is 0.239 e. The fourth-order valence-corrected chi connectivity index (χ4v) is 4.13. The largest absolute Gasteiger partial charge is 0.355 e. The van der Waals surface area contributed by atoms with Crippen molar-refractivity contribution in [2.75, 3.05) is 26.2 Å². The standard InChI is InChI=1S/C16H23N3O2S/c1-2-17-14(20)9-18-15(21)10-19-7-5-13-12(6-8-22-13)16(19)11-3-4-11/h6,8,11,16H,2-5,7,9-10H2,1H3,(H,17,20)(H,18,21)/t16-/m1/s1. The van der Waals surface area contributed by atoms with Crippen molar-refractivity contribution >= 4 is 23.2 Å². The van der Waals surface area contributed by atoms with Gasteiger partial charge in [0.1, 0.15) is 0 Å². The Bertz CT molecular complexity index is 553. The zero-order valence-corrected chi connectivity index (χ0v) is 13.7. The van der Waals surface area contributed by atoms with Gasteiger partial charge < -0.3 is 10.6 Å². The fraction of sp³-hybridized carbons (Fsp3) is 0.625. The molecule has 1 aromatic heterocycles. The highest BCUT2D eigenvalue weighted by Crippen LogP contribution is 2.48. The van der Waals surface area contributed by atoms with E-state index in [1.807, 2.05) is 18.3 Å². The van der Waals surface area contributed by atoms with Crippen molar-refractivity contribution in [1.82, 2.24) is 15.5 Å². The summed E-state index contributed by atoms with van der Waals surface area (Å²) in [6.45, 7) is 3.84. The van der Waals surface area contributed by atoms with Gasteiger partial charge >= 0.3 is 0 Å². The molecular formula is C16H23N3O2S. The normalized spacial score (nSPS) is 21.2. The van der Waals surface area contributed by atoms with Crippen LogP contribution in [-0.4, -0.2) is 42.9 Å². The molecule has 1 atom stereocenters. The Morgan fingerprint density at radius 3 is 2.86 bits per heavy atom. The Balaban J connectivity index is 1.57. The third kappa shape index (κ3) is 3.50. The molecule has 0 radical (unpaired) electrons. The first kappa shape index (κ1) is 15.5. The molecule has 2 heterocycles. The van der Waals surface area contributed by atoms with E-state index >= 15 is 0 Å². The highest BCUT2D eigenvalue weighted by atomic mass is 32.1. The van der Waals surface area contributed by atoms with Gasteiger partial charge in [-0.15, -0.1) is 11.3 Å². The molecule has 6 heteroatoms. The summed E-state index contributed by atoms with van der Waals surface area (Å²) in [6, 6.07) is 2.62. The number of fused-ring (bicyclic) bond motifs is 1. The lowest BCUT2D eigenvalue weighted by Gasteiger charge is -2.35. The second-order valence-electron chi connectivity index (χ2n) is 6.03. The van der Waals surface area contributed by atoms with Gasteiger partial charge in [-0.3, -0.25) is 14.5 Å². The molecule has 2 amide bonds. The zero-order valence-electron chi connectivity index (χ0n) is 12.9. The lowest BCUT2D eigenvalue weighted by atomic mass is 9.96. The highest BCUT2D eigenvalue weighted by molar-refractivity contribution is 7.10. The minimum atomic E-state index is -0.131. The van der Waals surface area contributed by atoms with Crippen molar-refractivity contribution in [2.45, 2.75) is 32.2 Å². The molecule has 1 fully saturated rings. The molecule has 0 unspecified atom stereocenters. The van der Waals surface area contributed by atoms with E-state index in [2.05, 4.69) is 27.0 Å². The number of rotatable bonds is 6. The van der Waals surface area contributed by atoms with Crippen LogP contribution in [0.4, 0.5) is 0 Å². The molecule has 0 bridgehead atoms. The summed E-state index contributed by atoms with van der Waals surface area (Å²) in [5.41, 5.74) is 1.43. The van der Waals surface area contributed by atoms with Crippen LogP contribution in [0.3, 0.4) is 0 Å². The summed E-state index contributed by atoms with van der Waals surface area (Å²) in [7, 11) is 0. The Hall–Kier alpha value is -1.40. The molecule has 0 aromatic carbocycles. The lowest BCUT2D eigenvalue weighted by molar-refractivity contribution is -0.127. The van der Waals surface area contributed by atoms with Crippen LogP contribution < -0.4 is 10.6 Å². The summed E-state index contributed by atoms with van der Waals surface area (Å²) >= 11 is 1.83. The zero-order chi connectivity index (χ0) is 15.5. The van der Waals surface area contributed by atoms with E-state index in [0.29, 0.717) is 25.0 Å². The second-order valence-corrected chi connectivity index (χ2v) is 7.03. The number of hydrogen-bond donors (Lipinski definition) is 2. The third-order valence-electron chi connectivity index (χ3n) is 4.35. The van der Waals surface area contributed by atoms with E-state index in [1.165, 1.54) is 23.3 Å². The second kappa shape index (κ2) is 6.79. The molecule has 1 aliphatic heterocycles. The SMILES string of the molecule is CCNC(=O)CNC(=O)CN1CCc2sccc2[C@H]1C1CC1. The van der Waals surface area contributed by atoms with Crippen molar-refractivity contribution in [2.24, 2.45) is 5.92 Å². The quantitative estimate of drug-likeness (QED) is 0.830. The van der Waals surface area contributed by atoms with Crippen LogP contribution in [0, 0.1) is 5.92 Å². The van der Waals surface area contributed by atoms with Crippen molar-refractivity contribution in [3.8, 4) is 0 Å². The highest BCUT2D eigenvalue weighted by Gasteiger charge is 2.40. The first-order chi connectivity index (χ1) is 10.7. The van der Waals surface area contributed by atoms with E-state index in [0.717, 1.165) is 13.0 Å². The lowest BCUT2D eigenvalue weighted by Crippen LogP contribution is -2.45. The monoisotopic (exact) mass is 321 g/mol. The van der Waals surface area contributed by atoms with Crippen molar-refractivity contribution < 1.29 is 9.59 Å². The molecule has 120 valence electrons. The molecule has 22 heavy (non-hydrogen) atoms. The van der Waals surface area contributed by atoms with Crippen LogP contribution in [0.25, 0.3) is 0 Å². The van der Waals surface area contributed by atoms with Crippen molar-refractivity contribution in [3.05, 3.63) is 21.9 Å². The first-order valence-corrected chi connectivity index (χ1v) is 8.90. The van der Waals surface area contributed by atoms with E-state index in [1.54, 1.807) is 0 Å². The molecule has 1 aliphatic carbocycles. The van der Waals surface area contributed by atoms with Gasteiger partial charge in [-0.1, -0.05) is 0 Å². The van der Waals surface area contributed by atoms with Crippen LogP contribution in [0.5, 0.6) is 0 Å². The molecule has 1 aromatic rings. The van der Waals surface area contributed by atoms with Crippen LogP contribution in [0.15, 0.2) is 11.4 Å². The molecule has 0 spiro atoms. The van der Waals surface area contributed by atoms with Crippen molar-refractivity contribution in [3.63, 3.8) is 0 Å². The van der Waals surface area contributed by atoms with Crippen LogP contribution in [-0.2, 0) is 16.0 Å². The Morgan fingerprint density at radius 2 is 2.14 bits per heavy atom. The molecule has 0 saturated heterocycles. The topological polar surface area (TPSA) is 61.4 Å². The minimum Gasteiger partial charge on any atom is -0.355 e. The summed E-state index contributed by atoms with van der Waals surface area (Å²) in [5, 5.41) is 7.57. The number of nitrogens with one attached hydrogen (secondary N) is 2.